The number of hydrogen-bond donors (Lipinski definition) is 4. The van der Waals surface area contributed by atoms with E-state index in [9.17, 15) is 10.1 Å². The maximum absolute atomic E-state index is 10.9. The molecule has 2 aromatic rings. The maximum Gasteiger partial charge on any atom is 0.289 e. The van der Waals surface area contributed by atoms with Crippen molar-refractivity contribution in [3.05, 3.63) is 63.4 Å². The largest absolute Gasteiger partial charge is 0.331 e. The molecule has 0 saturated heterocycles. The van der Waals surface area contributed by atoms with Gasteiger partial charge in [-0.1, -0.05) is 17.7 Å². The molecule has 27 heavy (non-hydrogen) atoms. The van der Waals surface area contributed by atoms with Crippen molar-refractivity contribution in [3.63, 3.8) is 0 Å². The number of nitrogens with zero attached hydrogens (tertiary/aromatic N) is 3. The highest BCUT2D eigenvalue weighted by atomic mass is 35.5. The molecule has 140 valence electrons. The van der Waals surface area contributed by atoms with E-state index in [1.165, 1.54) is 12.1 Å². The number of hydrogen-bond acceptors (Lipinski definition) is 6. The molecule has 0 amide bonds. The van der Waals surface area contributed by atoms with Crippen molar-refractivity contribution in [1.82, 2.24) is 21.3 Å². The zero-order chi connectivity index (χ0) is 19.8. The fraction of sp³-hybridized carbons (Fsp3) is 0.0667. The summed E-state index contributed by atoms with van der Waals surface area (Å²) in [6.07, 6.45) is 1.66. The number of nitro groups is 1. The summed E-state index contributed by atoms with van der Waals surface area (Å²) in [6.45, 7) is 1.78. The molecule has 0 radical (unpaired) electrons. The molecule has 0 saturated carbocycles. The molecule has 4 N–H and O–H groups in total. The van der Waals surface area contributed by atoms with Gasteiger partial charge < -0.3 is 5.32 Å². The molecule has 0 aliphatic carbocycles. The fourth-order valence-corrected chi connectivity index (χ4v) is 2.25. The lowest BCUT2D eigenvalue weighted by Crippen LogP contribution is -2.47. The highest BCUT2D eigenvalue weighted by Crippen LogP contribution is 2.27. The Hall–Kier alpha value is -2.89. The number of aromatic nitrogens is 1. The van der Waals surface area contributed by atoms with Crippen LogP contribution in [-0.2, 0) is 0 Å². The molecule has 9 nitrogen and oxygen atoms in total. The quantitative estimate of drug-likeness (QED) is 0.255. The standard InChI is InChI=1S/C15H14ClN7O2S2/c1-9(12-4-2-3-7-17-12)19-21-15(27)22-20-14(26)18-10-5-6-11(16)13(8-10)23(24)25/h2-8H,1H3,(H2,18,20,26)(H2,21,22,27)/b19-9+. The average Bonchev–Trinajstić information content (AvgIpc) is 2.66. The SMILES string of the molecule is C/C(=N\NC(=S)NNC(=S)Nc1ccc(Cl)c([N+](=O)[O-])c1)c1ccccn1. The number of nitro benzene ring substituents is 1. The molecule has 0 fully saturated rings. The zero-order valence-corrected chi connectivity index (χ0v) is 16.3. The smallest absolute Gasteiger partial charge is 0.289 e. The van der Waals surface area contributed by atoms with Crippen molar-refractivity contribution in [2.75, 3.05) is 5.32 Å². The number of benzene rings is 1. The minimum atomic E-state index is -0.580. The van der Waals surface area contributed by atoms with Gasteiger partial charge in [0.1, 0.15) is 5.02 Å². The topological polar surface area (TPSA) is 117 Å². The molecule has 0 unspecified atom stereocenters. The molecular weight excluding hydrogens is 410 g/mol. The van der Waals surface area contributed by atoms with Crippen LogP contribution in [0, 0.1) is 10.1 Å². The van der Waals surface area contributed by atoms with Gasteiger partial charge in [0.15, 0.2) is 5.11 Å². The number of hydrazone groups is 1. The van der Waals surface area contributed by atoms with E-state index in [1.54, 1.807) is 19.2 Å². The Morgan fingerprint density at radius 1 is 1.22 bits per heavy atom. The molecular formula is C15H14ClN7O2S2. The Labute approximate surface area is 170 Å². The molecule has 1 aromatic heterocycles. The minimum absolute atomic E-state index is 0.0362. The highest BCUT2D eigenvalue weighted by molar-refractivity contribution is 7.80. The van der Waals surface area contributed by atoms with Gasteiger partial charge in [-0.2, -0.15) is 5.10 Å². The Bertz CT molecular complexity index is 893. The third kappa shape index (κ3) is 6.40. The normalized spacial score (nSPS) is 10.7. The van der Waals surface area contributed by atoms with Crippen molar-refractivity contribution in [2.45, 2.75) is 6.92 Å². The van der Waals surface area contributed by atoms with Crippen LogP contribution in [0.15, 0.2) is 47.7 Å². The van der Waals surface area contributed by atoms with Gasteiger partial charge in [-0.15, -0.1) is 0 Å². The molecule has 0 aliphatic rings. The Morgan fingerprint density at radius 2 is 1.96 bits per heavy atom. The summed E-state index contributed by atoms with van der Waals surface area (Å²) in [5, 5.41) is 18.1. The number of hydrazine groups is 1. The van der Waals surface area contributed by atoms with Crippen molar-refractivity contribution in [1.29, 1.82) is 0 Å². The van der Waals surface area contributed by atoms with Crippen molar-refractivity contribution in [2.24, 2.45) is 5.10 Å². The molecule has 0 atom stereocenters. The predicted octanol–water partition coefficient (Wildman–Crippen LogP) is 2.73. The maximum atomic E-state index is 10.9. The van der Waals surface area contributed by atoms with Gasteiger partial charge in [0, 0.05) is 18.0 Å². The summed E-state index contributed by atoms with van der Waals surface area (Å²) in [5.41, 5.74) is 9.44. The van der Waals surface area contributed by atoms with Gasteiger partial charge in [-0.05, 0) is 55.6 Å². The highest BCUT2D eigenvalue weighted by Gasteiger charge is 2.13. The lowest BCUT2D eigenvalue weighted by Gasteiger charge is -2.13. The summed E-state index contributed by atoms with van der Waals surface area (Å²) >= 11 is 15.9. The first kappa shape index (κ1) is 20.4. The van der Waals surface area contributed by atoms with Gasteiger partial charge in [0.05, 0.1) is 16.3 Å². The number of halogens is 1. The van der Waals surface area contributed by atoms with Crippen molar-refractivity contribution >= 4 is 63.3 Å². The van der Waals surface area contributed by atoms with E-state index in [4.69, 9.17) is 36.0 Å². The van der Waals surface area contributed by atoms with Crippen LogP contribution in [0.4, 0.5) is 11.4 Å². The number of pyridine rings is 1. The van der Waals surface area contributed by atoms with E-state index < -0.39 is 4.92 Å². The van der Waals surface area contributed by atoms with Crippen molar-refractivity contribution < 1.29 is 4.92 Å². The molecule has 1 heterocycles. The molecule has 0 bridgehead atoms. The Kier molecular flexibility index (Phi) is 7.34. The van der Waals surface area contributed by atoms with Crippen LogP contribution < -0.4 is 21.6 Å². The van der Waals surface area contributed by atoms with Crippen LogP contribution in [0.1, 0.15) is 12.6 Å². The van der Waals surface area contributed by atoms with Crippen LogP contribution in [0.5, 0.6) is 0 Å². The van der Waals surface area contributed by atoms with Crippen molar-refractivity contribution in [3.8, 4) is 0 Å². The van der Waals surface area contributed by atoms with Crippen LogP contribution in [-0.4, -0.2) is 25.8 Å². The van der Waals surface area contributed by atoms with E-state index in [1.807, 2.05) is 18.2 Å². The van der Waals surface area contributed by atoms with E-state index in [0.29, 0.717) is 17.1 Å². The van der Waals surface area contributed by atoms with Gasteiger partial charge in [-0.3, -0.25) is 31.4 Å². The first-order valence-electron chi connectivity index (χ1n) is 7.39. The number of anilines is 1. The molecule has 0 spiro atoms. The average molecular weight is 424 g/mol. The predicted molar refractivity (Wildman–Crippen MR) is 113 cm³/mol. The Morgan fingerprint density at radius 3 is 2.63 bits per heavy atom. The lowest BCUT2D eigenvalue weighted by atomic mass is 10.3. The molecule has 1 aromatic carbocycles. The van der Waals surface area contributed by atoms with E-state index in [-0.39, 0.29) is 20.9 Å². The van der Waals surface area contributed by atoms with Crippen LogP contribution >= 0.6 is 36.0 Å². The number of nitrogens with one attached hydrogen (secondary N) is 4. The van der Waals surface area contributed by atoms with Gasteiger partial charge in [0.2, 0.25) is 5.11 Å². The molecule has 0 aliphatic heterocycles. The summed E-state index contributed by atoms with van der Waals surface area (Å²) in [6, 6.07) is 9.71. The molecule has 12 heteroatoms. The lowest BCUT2D eigenvalue weighted by molar-refractivity contribution is -0.384. The zero-order valence-electron chi connectivity index (χ0n) is 13.9. The summed E-state index contributed by atoms with van der Waals surface area (Å²) in [7, 11) is 0. The second kappa shape index (κ2) is 9.71. The van der Waals surface area contributed by atoms with Gasteiger partial charge >= 0.3 is 0 Å². The van der Waals surface area contributed by atoms with Gasteiger partial charge in [0.25, 0.3) is 5.69 Å². The van der Waals surface area contributed by atoms with Gasteiger partial charge in [-0.25, -0.2) is 0 Å². The summed E-state index contributed by atoms with van der Waals surface area (Å²) < 4.78 is 0. The Balaban J connectivity index is 1.84. The summed E-state index contributed by atoms with van der Waals surface area (Å²) in [5.74, 6) is 0. The third-order valence-electron chi connectivity index (χ3n) is 3.05. The van der Waals surface area contributed by atoms with E-state index in [0.717, 1.165) is 0 Å². The third-order valence-corrected chi connectivity index (χ3v) is 3.77. The summed E-state index contributed by atoms with van der Waals surface area (Å²) in [4.78, 5) is 14.5. The monoisotopic (exact) mass is 423 g/mol. The minimum Gasteiger partial charge on any atom is -0.331 e. The second-order valence-electron chi connectivity index (χ2n) is 4.98. The van der Waals surface area contributed by atoms with E-state index in [2.05, 4.69) is 31.7 Å². The second-order valence-corrected chi connectivity index (χ2v) is 6.20. The van der Waals surface area contributed by atoms with Crippen LogP contribution in [0.2, 0.25) is 5.02 Å². The van der Waals surface area contributed by atoms with Crippen LogP contribution in [0.25, 0.3) is 0 Å². The first-order chi connectivity index (χ1) is 12.9. The number of thiocarbonyl (C=S) groups is 2. The number of rotatable bonds is 4. The van der Waals surface area contributed by atoms with E-state index >= 15 is 0 Å². The molecule has 2 rings (SSSR count). The first-order valence-corrected chi connectivity index (χ1v) is 8.59. The fourth-order valence-electron chi connectivity index (χ4n) is 1.80. The van der Waals surface area contributed by atoms with Crippen LogP contribution in [0.3, 0.4) is 0 Å².